The molecule has 1 spiro atoms. The van der Waals surface area contributed by atoms with Crippen LogP contribution in [0.25, 0.3) is 0 Å². The first-order chi connectivity index (χ1) is 9.24. The van der Waals surface area contributed by atoms with Crippen molar-refractivity contribution in [3.05, 3.63) is 59.7 Å². The molecule has 2 heterocycles. The molecule has 0 N–H and O–H groups in total. The zero-order valence-electron chi connectivity index (χ0n) is 11.5. The predicted molar refractivity (Wildman–Crippen MR) is 80.8 cm³/mol. The summed E-state index contributed by atoms with van der Waals surface area (Å²) < 4.78 is 0. The third-order valence-corrected chi connectivity index (χ3v) is 5.09. The monoisotopic (exact) mass is 249 g/mol. The minimum atomic E-state index is -0.867. The highest BCUT2D eigenvalue weighted by Gasteiger charge is 2.45. The smallest absolute Gasteiger partial charge is 0.186 e. The highest BCUT2D eigenvalue weighted by atomic mass is 15.2. The topological polar surface area (TPSA) is 6.48 Å². The summed E-state index contributed by atoms with van der Waals surface area (Å²) in [6, 6.07) is 17.8. The third kappa shape index (κ3) is 1.24. The van der Waals surface area contributed by atoms with E-state index >= 15 is 0 Å². The average molecular weight is 249 g/mol. The molecule has 0 aromatic heterocycles. The van der Waals surface area contributed by atoms with Gasteiger partial charge in [-0.05, 0) is 27.2 Å². The number of rotatable bonds is 0. The van der Waals surface area contributed by atoms with Crippen LogP contribution in [0.5, 0.6) is 0 Å². The molecule has 3 heteroatoms. The molecule has 0 radical (unpaired) electrons. The van der Waals surface area contributed by atoms with Crippen LogP contribution in [0.15, 0.2) is 48.5 Å². The van der Waals surface area contributed by atoms with Crippen LogP contribution in [-0.4, -0.2) is 30.1 Å². The number of benzene rings is 2. The summed E-state index contributed by atoms with van der Waals surface area (Å²) in [5, 5.41) is 0. The lowest BCUT2D eigenvalue weighted by atomic mass is 9.37. The maximum atomic E-state index is 2.54. The first kappa shape index (κ1) is 11.3. The second-order valence-corrected chi connectivity index (χ2v) is 6.00. The minimum absolute atomic E-state index is 0.867. The van der Waals surface area contributed by atoms with Crippen molar-refractivity contribution in [1.82, 2.24) is 9.62 Å². The predicted octanol–water partition coefficient (Wildman–Crippen LogP) is 1.13. The molecule has 0 bridgehead atoms. The average Bonchev–Trinajstić information content (AvgIpc) is 2.88. The van der Waals surface area contributed by atoms with Crippen LogP contribution in [0, 0.1) is 0 Å². The Balaban J connectivity index is 2.04. The van der Waals surface area contributed by atoms with Crippen LogP contribution in [0.3, 0.4) is 0 Å². The Labute approximate surface area is 114 Å². The lowest BCUT2D eigenvalue weighted by Crippen LogP contribution is -2.71. The van der Waals surface area contributed by atoms with E-state index in [9.17, 15) is 0 Å². The number of hydrogen-bond acceptors (Lipinski definition) is 2. The van der Waals surface area contributed by atoms with Gasteiger partial charge in [0.2, 0.25) is 0 Å². The van der Waals surface area contributed by atoms with Crippen molar-refractivity contribution in [1.29, 1.82) is 0 Å². The molecule has 2 aliphatic rings. The van der Waals surface area contributed by atoms with E-state index in [1.165, 1.54) is 22.1 Å². The maximum absolute atomic E-state index is 2.54. The Morgan fingerprint density at radius 2 is 1.16 bits per heavy atom. The van der Waals surface area contributed by atoms with Crippen molar-refractivity contribution in [2.24, 2.45) is 0 Å². The summed E-state index contributed by atoms with van der Waals surface area (Å²) in [5.74, 6) is 0. The fraction of sp³-hybridized carbons (Fsp3) is 0.250. The summed E-state index contributed by atoms with van der Waals surface area (Å²) in [7, 11) is 4.53. The van der Waals surface area contributed by atoms with E-state index in [0.29, 0.717) is 0 Å². The van der Waals surface area contributed by atoms with Gasteiger partial charge >= 0.3 is 0 Å². The van der Waals surface area contributed by atoms with Crippen molar-refractivity contribution in [2.45, 2.75) is 13.1 Å². The normalized spacial score (nSPS) is 20.7. The van der Waals surface area contributed by atoms with Gasteiger partial charge in [0.1, 0.15) is 0 Å². The molecular formula is C16H18BN2-. The zero-order chi connectivity index (χ0) is 13.0. The first-order valence-electron chi connectivity index (χ1n) is 6.98. The SMILES string of the molecule is CN1Cc2ccccc2[B-]12c1ccccc1CN2C. The van der Waals surface area contributed by atoms with Crippen molar-refractivity contribution in [3.63, 3.8) is 0 Å². The first-order valence-corrected chi connectivity index (χ1v) is 6.98. The molecule has 96 valence electrons. The molecule has 2 aliphatic heterocycles. The number of fused-ring (bicyclic) bond motifs is 4. The standard InChI is InChI=1S/C16H18BN2/c1-18-11-13-7-3-5-9-15(13)17(18)16-10-6-4-8-14(16)12-19(17)2/h3-10H,11-12H2,1-2H3/q-1. The van der Waals surface area contributed by atoms with Crippen molar-refractivity contribution in [2.75, 3.05) is 14.1 Å². The largest absolute Gasteiger partial charge is 0.453 e. The molecule has 0 saturated carbocycles. The van der Waals surface area contributed by atoms with Crippen molar-refractivity contribution in [3.8, 4) is 0 Å². The lowest BCUT2D eigenvalue weighted by molar-refractivity contribution is 0.431. The summed E-state index contributed by atoms with van der Waals surface area (Å²) in [5.41, 5.74) is 5.98. The zero-order valence-corrected chi connectivity index (χ0v) is 11.5. The Morgan fingerprint density at radius 1 is 0.737 bits per heavy atom. The molecule has 0 unspecified atom stereocenters. The van der Waals surface area contributed by atoms with Crippen LogP contribution in [0.1, 0.15) is 11.1 Å². The second-order valence-electron chi connectivity index (χ2n) is 6.00. The van der Waals surface area contributed by atoms with E-state index in [0.717, 1.165) is 13.1 Å². The van der Waals surface area contributed by atoms with Gasteiger partial charge in [0, 0.05) is 0 Å². The van der Waals surface area contributed by atoms with E-state index in [1.54, 1.807) is 0 Å². The van der Waals surface area contributed by atoms with E-state index in [4.69, 9.17) is 0 Å². The van der Waals surface area contributed by atoms with Crippen molar-refractivity contribution < 1.29 is 0 Å². The number of nitrogens with zero attached hydrogens (tertiary/aromatic N) is 2. The summed E-state index contributed by atoms with van der Waals surface area (Å²) in [4.78, 5) is 5.08. The lowest BCUT2D eigenvalue weighted by Gasteiger charge is -2.48. The van der Waals surface area contributed by atoms with Gasteiger partial charge in [-0.3, -0.25) is 0 Å². The highest BCUT2D eigenvalue weighted by Crippen LogP contribution is 2.30. The quantitative estimate of drug-likeness (QED) is 0.646. The molecule has 0 amide bonds. The number of hydrogen-bond donors (Lipinski definition) is 0. The summed E-state index contributed by atoms with van der Waals surface area (Å²) in [6.07, 6.45) is -0.867. The van der Waals surface area contributed by atoms with E-state index < -0.39 is 6.42 Å². The van der Waals surface area contributed by atoms with Gasteiger partial charge in [0.25, 0.3) is 0 Å². The van der Waals surface area contributed by atoms with Gasteiger partial charge in [-0.2, -0.15) is 10.9 Å². The fourth-order valence-electron chi connectivity index (χ4n) is 4.40. The molecule has 0 atom stereocenters. The van der Waals surface area contributed by atoms with Gasteiger partial charge < -0.3 is 9.62 Å². The molecule has 4 rings (SSSR count). The van der Waals surface area contributed by atoms with Gasteiger partial charge in [-0.15, -0.1) is 0 Å². The molecule has 0 fully saturated rings. The molecule has 2 nitrogen and oxygen atoms in total. The van der Waals surface area contributed by atoms with Crippen LogP contribution in [0.2, 0.25) is 0 Å². The molecule has 2 aromatic carbocycles. The molecule has 19 heavy (non-hydrogen) atoms. The van der Waals surface area contributed by atoms with Crippen LogP contribution >= 0.6 is 0 Å². The second kappa shape index (κ2) is 3.72. The Hall–Kier alpha value is -1.58. The Morgan fingerprint density at radius 3 is 1.63 bits per heavy atom. The molecule has 0 saturated heterocycles. The van der Waals surface area contributed by atoms with Gasteiger partial charge in [-0.1, -0.05) is 59.7 Å². The van der Waals surface area contributed by atoms with E-state index in [1.807, 2.05) is 0 Å². The van der Waals surface area contributed by atoms with Crippen molar-refractivity contribution >= 4 is 17.3 Å². The summed E-state index contributed by atoms with van der Waals surface area (Å²) >= 11 is 0. The Bertz CT molecular complexity index is 595. The highest BCUT2D eigenvalue weighted by molar-refractivity contribution is 6.99. The maximum Gasteiger partial charge on any atom is 0.186 e. The van der Waals surface area contributed by atoms with Gasteiger partial charge in [0.05, 0.1) is 0 Å². The van der Waals surface area contributed by atoms with Gasteiger partial charge in [0.15, 0.2) is 6.42 Å². The molecule has 2 aromatic rings. The minimum Gasteiger partial charge on any atom is -0.453 e. The van der Waals surface area contributed by atoms with Crippen LogP contribution in [-0.2, 0) is 13.1 Å². The summed E-state index contributed by atoms with van der Waals surface area (Å²) in [6.45, 7) is 2.10. The molecular weight excluding hydrogens is 231 g/mol. The van der Waals surface area contributed by atoms with E-state index in [-0.39, 0.29) is 0 Å². The van der Waals surface area contributed by atoms with Gasteiger partial charge in [-0.25, -0.2) is 0 Å². The third-order valence-electron chi connectivity index (χ3n) is 5.09. The molecule has 0 aliphatic carbocycles. The van der Waals surface area contributed by atoms with Crippen LogP contribution < -0.4 is 10.9 Å². The Kier molecular flexibility index (Phi) is 2.20. The van der Waals surface area contributed by atoms with E-state index in [2.05, 4.69) is 72.2 Å². The van der Waals surface area contributed by atoms with Crippen LogP contribution in [0.4, 0.5) is 0 Å². The fourth-order valence-corrected chi connectivity index (χ4v) is 4.40.